The number of carbonyl (C=O) groups is 1. The van der Waals surface area contributed by atoms with Crippen molar-refractivity contribution in [3.05, 3.63) is 11.1 Å². The third-order valence-corrected chi connectivity index (χ3v) is 3.68. The van der Waals surface area contributed by atoms with Crippen LogP contribution in [0.25, 0.3) is 0 Å². The van der Waals surface area contributed by atoms with Gasteiger partial charge in [0.05, 0.1) is 6.04 Å². The van der Waals surface area contributed by atoms with Gasteiger partial charge in [0.2, 0.25) is 5.91 Å². The van der Waals surface area contributed by atoms with Crippen LogP contribution in [0.4, 0.5) is 5.13 Å². The molecule has 0 bridgehead atoms. The van der Waals surface area contributed by atoms with Gasteiger partial charge < -0.3 is 11.5 Å². The number of amides is 1. The average molecular weight is 277 g/mol. The van der Waals surface area contributed by atoms with Gasteiger partial charge in [0.25, 0.3) is 0 Å². The molecule has 0 aromatic carbocycles. The highest BCUT2D eigenvalue weighted by molar-refractivity contribution is 7.15. The van der Waals surface area contributed by atoms with E-state index in [4.69, 9.17) is 11.5 Å². The van der Waals surface area contributed by atoms with E-state index in [-0.39, 0.29) is 24.4 Å². The second-order valence-electron chi connectivity index (χ2n) is 4.05. The van der Waals surface area contributed by atoms with Gasteiger partial charge in [-0.3, -0.25) is 9.69 Å². The van der Waals surface area contributed by atoms with Crippen LogP contribution in [0, 0.1) is 0 Å². The number of carbonyl (C=O) groups excluding carboxylic acids is 1. The van der Waals surface area contributed by atoms with Gasteiger partial charge in [0.1, 0.15) is 0 Å². The van der Waals surface area contributed by atoms with Crippen molar-refractivity contribution in [3.8, 4) is 0 Å². The molecular formula is C10H17ClN4OS. The zero-order valence-electron chi connectivity index (χ0n) is 9.46. The molecule has 2 heterocycles. The fourth-order valence-electron chi connectivity index (χ4n) is 2.10. The Kier molecular flexibility index (Phi) is 5.17. The Labute approximate surface area is 111 Å². The number of rotatable bonds is 3. The summed E-state index contributed by atoms with van der Waals surface area (Å²) >= 11 is 1.47. The van der Waals surface area contributed by atoms with Crippen LogP contribution in [-0.4, -0.2) is 28.4 Å². The minimum absolute atomic E-state index is 0. The van der Waals surface area contributed by atoms with Crippen molar-refractivity contribution in [2.45, 2.75) is 31.8 Å². The number of hydrogen-bond donors (Lipinski definition) is 2. The number of halogens is 1. The van der Waals surface area contributed by atoms with Crippen LogP contribution in [-0.2, 0) is 11.3 Å². The topological polar surface area (TPSA) is 85.2 Å². The number of thiazole rings is 1. The molecule has 2 rings (SSSR count). The Morgan fingerprint density at radius 3 is 2.94 bits per heavy atom. The number of primary amides is 1. The highest BCUT2D eigenvalue weighted by atomic mass is 35.5. The van der Waals surface area contributed by atoms with Crippen molar-refractivity contribution in [2.75, 3.05) is 12.3 Å². The third kappa shape index (κ3) is 3.55. The van der Waals surface area contributed by atoms with Gasteiger partial charge in [-0.1, -0.05) is 6.42 Å². The lowest BCUT2D eigenvalue weighted by Gasteiger charge is -2.32. The summed E-state index contributed by atoms with van der Waals surface area (Å²) in [4.78, 5) is 18.5. The lowest BCUT2D eigenvalue weighted by molar-refractivity contribution is -0.124. The lowest BCUT2D eigenvalue weighted by Crippen LogP contribution is -2.46. The molecule has 1 amide bonds. The Morgan fingerprint density at radius 1 is 1.59 bits per heavy atom. The molecule has 4 N–H and O–H groups in total. The van der Waals surface area contributed by atoms with Crippen LogP contribution in [0.3, 0.4) is 0 Å². The maximum Gasteiger partial charge on any atom is 0.234 e. The fraction of sp³-hybridized carbons (Fsp3) is 0.600. The molecule has 0 spiro atoms. The van der Waals surface area contributed by atoms with Gasteiger partial charge in [-0.2, -0.15) is 0 Å². The van der Waals surface area contributed by atoms with Crippen molar-refractivity contribution in [3.63, 3.8) is 0 Å². The van der Waals surface area contributed by atoms with E-state index in [1.807, 2.05) is 0 Å². The van der Waals surface area contributed by atoms with E-state index < -0.39 is 0 Å². The van der Waals surface area contributed by atoms with Crippen molar-refractivity contribution >= 4 is 34.8 Å². The van der Waals surface area contributed by atoms with E-state index in [2.05, 4.69) is 9.88 Å². The summed E-state index contributed by atoms with van der Waals surface area (Å²) in [7, 11) is 0. The predicted octanol–water partition coefficient (Wildman–Crippen LogP) is 0.987. The van der Waals surface area contributed by atoms with Gasteiger partial charge >= 0.3 is 0 Å². The molecule has 0 aliphatic carbocycles. The fourth-order valence-corrected chi connectivity index (χ4v) is 2.81. The number of anilines is 1. The number of piperidine rings is 1. The number of nitrogens with zero attached hydrogens (tertiary/aromatic N) is 2. The van der Waals surface area contributed by atoms with E-state index in [9.17, 15) is 4.79 Å². The molecule has 1 fully saturated rings. The number of nitrogen functional groups attached to an aromatic ring is 1. The van der Waals surface area contributed by atoms with Crippen LogP contribution < -0.4 is 11.5 Å². The standard InChI is InChI=1S/C10H16N4OS.ClH/c11-9(15)8-3-1-2-4-14(8)6-7-5-13-10(12)16-7;/h5,8H,1-4,6H2,(H2,11,15)(H2,12,13);1H. The minimum Gasteiger partial charge on any atom is -0.375 e. The molecule has 1 aliphatic heterocycles. The van der Waals surface area contributed by atoms with Crippen LogP contribution in [0.1, 0.15) is 24.1 Å². The normalized spacial score (nSPS) is 20.8. The molecule has 96 valence electrons. The first-order valence-electron chi connectivity index (χ1n) is 5.40. The Morgan fingerprint density at radius 2 is 2.35 bits per heavy atom. The van der Waals surface area contributed by atoms with Crippen LogP contribution in [0.15, 0.2) is 6.20 Å². The van der Waals surface area contributed by atoms with Gasteiger partial charge in [-0.05, 0) is 19.4 Å². The Balaban J connectivity index is 0.00000144. The summed E-state index contributed by atoms with van der Waals surface area (Å²) in [6, 6.07) is -0.128. The molecule has 0 saturated carbocycles. The van der Waals surface area contributed by atoms with Crippen molar-refractivity contribution in [1.82, 2.24) is 9.88 Å². The molecule has 0 radical (unpaired) electrons. The van der Waals surface area contributed by atoms with Crippen molar-refractivity contribution in [2.24, 2.45) is 5.73 Å². The first kappa shape index (κ1) is 14.2. The maximum absolute atomic E-state index is 11.3. The first-order chi connectivity index (χ1) is 7.66. The summed E-state index contributed by atoms with van der Waals surface area (Å²) < 4.78 is 0. The van der Waals surface area contributed by atoms with E-state index in [0.29, 0.717) is 5.13 Å². The van der Waals surface area contributed by atoms with Crippen LogP contribution in [0.2, 0.25) is 0 Å². The third-order valence-electron chi connectivity index (χ3n) is 2.87. The molecule has 17 heavy (non-hydrogen) atoms. The summed E-state index contributed by atoms with van der Waals surface area (Å²) in [5.41, 5.74) is 11.0. The molecule has 1 aromatic rings. The van der Waals surface area contributed by atoms with Gasteiger partial charge in [0.15, 0.2) is 5.13 Å². The van der Waals surface area contributed by atoms with E-state index in [0.717, 1.165) is 37.2 Å². The van der Waals surface area contributed by atoms with E-state index in [1.165, 1.54) is 11.3 Å². The number of likely N-dealkylation sites (tertiary alicyclic amines) is 1. The molecule has 1 atom stereocenters. The highest BCUT2D eigenvalue weighted by Crippen LogP contribution is 2.22. The van der Waals surface area contributed by atoms with E-state index >= 15 is 0 Å². The molecule has 1 unspecified atom stereocenters. The van der Waals surface area contributed by atoms with Gasteiger partial charge in [-0.15, -0.1) is 23.7 Å². The molecule has 1 aliphatic rings. The predicted molar refractivity (Wildman–Crippen MR) is 71.0 cm³/mol. The van der Waals surface area contributed by atoms with Gasteiger partial charge in [-0.25, -0.2) is 4.98 Å². The smallest absolute Gasteiger partial charge is 0.234 e. The second-order valence-corrected chi connectivity index (χ2v) is 5.20. The van der Waals surface area contributed by atoms with E-state index in [1.54, 1.807) is 6.20 Å². The SMILES string of the molecule is Cl.NC(=O)C1CCCCN1Cc1cnc(N)s1. The second kappa shape index (κ2) is 6.18. The minimum atomic E-state index is -0.225. The number of hydrogen-bond acceptors (Lipinski definition) is 5. The zero-order valence-corrected chi connectivity index (χ0v) is 11.1. The Bertz CT molecular complexity index is 384. The van der Waals surface area contributed by atoms with Crippen LogP contribution in [0.5, 0.6) is 0 Å². The molecular weight excluding hydrogens is 260 g/mol. The first-order valence-corrected chi connectivity index (χ1v) is 6.22. The molecule has 1 saturated heterocycles. The van der Waals surface area contributed by atoms with Crippen molar-refractivity contribution in [1.29, 1.82) is 0 Å². The summed E-state index contributed by atoms with van der Waals surface area (Å²) in [6.07, 6.45) is 4.84. The molecule has 7 heteroatoms. The van der Waals surface area contributed by atoms with Crippen molar-refractivity contribution < 1.29 is 4.79 Å². The largest absolute Gasteiger partial charge is 0.375 e. The quantitative estimate of drug-likeness (QED) is 0.862. The van der Waals surface area contributed by atoms with Crippen LogP contribution >= 0.6 is 23.7 Å². The summed E-state index contributed by atoms with van der Waals surface area (Å²) in [5.74, 6) is -0.225. The zero-order chi connectivity index (χ0) is 11.5. The number of nitrogens with two attached hydrogens (primary N) is 2. The summed E-state index contributed by atoms with van der Waals surface area (Å²) in [5, 5.41) is 0.572. The monoisotopic (exact) mass is 276 g/mol. The maximum atomic E-state index is 11.3. The highest BCUT2D eigenvalue weighted by Gasteiger charge is 2.27. The lowest BCUT2D eigenvalue weighted by atomic mass is 10.0. The number of aromatic nitrogens is 1. The average Bonchev–Trinajstić information content (AvgIpc) is 2.64. The summed E-state index contributed by atoms with van der Waals surface area (Å²) in [6.45, 7) is 1.65. The molecule has 5 nitrogen and oxygen atoms in total. The van der Waals surface area contributed by atoms with Gasteiger partial charge in [0, 0.05) is 17.6 Å². The Hall–Kier alpha value is -0.850. The molecule has 1 aromatic heterocycles.